The van der Waals surface area contributed by atoms with Crippen LogP contribution in [0.4, 0.5) is 8.78 Å². The summed E-state index contributed by atoms with van der Waals surface area (Å²) in [5, 5.41) is 3.97. The molecule has 8 heteroatoms. The van der Waals surface area contributed by atoms with Gasteiger partial charge in [-0.05, 0) is 28.8 Å². The van der Waals surface area contributed by atoms with E-state index in [9.17, 15) is 13.6 Å². The molecule has 1 amide bonds. The zero-order chi connectivity index (χ0) is 13.3. The van der Waals surface area contributed by atoms with Gasteiger partial charge in [0.2, 0.25) is 0 Å². The van der Waals surface area contributed by atoms with Crippen LogP contribution in [0.2, 0.25) is 0 Å². The standard InChI is InChI=1S/C10H12BrF2N3O2/c11-8-6(10(14)17)7(9(12)13)16(15-8)5-1-3-18-4-2-5/h5,9H,1-4H2,(H2,14,17). The molecule has 0 atom stereocenters. The van der Waals surface area contributed by atoms with E-state index in [2.05, 4.69) is 21.0 Å². The number of carbonyl (C=O) groups excluding carboxylic acids is 1. The minimum absolute atomic E-state index is 0.0665. The Hall–Kier alpha value is -1.02. The van der Waals surface area contributed by atoms with E-state index < -0.39 is 18.0 Å². The molecule has 0 aromatic carbocycles. The summed E-state index contributed by atoms with van der Waals surface area (Å²) < 4.78 is 32.6. The molecule has 1 fully saturated rings. The van der Waals surface area contributed by atoms with Crippen molar-refractivity contribution >= 4 is 21.8 Å². The van der Waals surface area contributed by atoms with Gasteiger partial charge in [-0.15, -0.1) is 0 Å². The fourth-order valence-corrected chi connectivity index (χ4v) is 2.63. The summed E-state index contributed by atoms with van der Waals surface area (Å²) in [6.45, 7) is 0.994. The predicted molar refractivity (Wildman–Crippen MR) is 62.5 cm³/mol. The Labute approximate surface area is 110 Å². The Morgan fingerprint density at radius 1 is 1.50 bits per heavy atom. The van der Waals surface area contributed by atoms with E-state index in [1.807, 2.05) is 0 Å². The molecule has 0 spiro atoms. The van der Waals surface area contributed by atoms with E-state index >= 15 is 0 Å². The van der Waals surface area contributed by atoms with Gasteiger partial charge >= 0.3 is 0 Å². The van der Waals surface area contributed by atoms with Gasteiger partial charge in [0.1, 0.15) is 15.9 Å². The third-order valence-corrected chi connectivity index (χ3v) is 3.45. The Bertz CT molecular complexity index is 458. The molecule has 1 aromatic rings. The second kappa shape index (κ2) is 5.31. The van der Waals surface area contributed by atoms with Crippen LogP contribution >= 0.6 is 15.9 Å². The smallest absolute Gasteiger partial charge is 0.280 e. The number of carbonyl (C=O) groups is 1. The maximum atomic E-state index is 13.1. The molecular weight excluding hydrogens is 312 g/mol. The van der Waals surface area contributed by atoms with Crippen molar-refractivity contribution in [1.82, 2.24) is 9.78 Å². The normalized spacial score (nSPS) is 17.3. The lowest BCUT2D eigenvalue weighted by atomic mass is 10.1. The van der Waals surface area contributed by atoms with Crippen molar-refractivity contribution in [3.8, 4) is 0 Å². The van der Waals surface area contributed by atoms with Crippen molar-refractivity contribution < 1.29 is 18.3 Å². The number of nitrogens with two attached hydrogens (primary N) is 1. The van der Waals surface area contributed by atoms with Crippen LogP contribution in [0.3, 0.4) is 0 Å². The van der Waals surface area contributed by atoms with Crippen molar-refractivity contribution in [2.45, 2.75) is 25.3 Å². The zero-order valence-electron chi connectivity index (χ0n) is 9.41. The molecule has 1 aromatic heterocycles. The van der Waals surface area contributed by atoms with Crippen molar-refractivity contribution in [2.24, 2.45) is 5.73 Å². The molecule has 18 heavy (non-hydrogen) atoms. The van der Waals surface area contributed by atoms with Gasteiger partial charge in [0.15, 0.2) is 0 Å². The third kappa shape index (κ3) is 2.39. The van der Waals surface area contributed by atoms with E-state index in [-0.39, 0.29) is 16.2 Å². The molecule has 2 rings (SSSR count). The summed E-state index contributed by atoms with van der Waals surface area (Å²) in [5.74, 6) is -0.907. The van der Waals surface area contributed by atoms with E-state index in [0.717, 1.165) is 0 Å². The van der Waals surface area contributed by atoms with Crippen LogP contribution in [0.15, 0.2) is 4.60 Å². The zero-order valence-corrected chi connectivity index (χ0v) is 11.0. The Balaban J connectivity index is 2.46. The van der Waals surface area contributed by atoms with Crippen molar-refractivity contribution in [2.75, 3.05) is 13.2 Å². The Morgan fingerprint density at radius 2 is 2.11 bits per heavy atom. The van der Waals surface area contributed by atoms with E-state index in [1.54, 1.807) is 0 Å². The van der Waals surface area contributed by atoms with Crippen molar-refractivity contribution in [3.05, 3.63) is 15.9 Å². The number of amides is 1. The van der Waals surface area contributed by atoms with Gasteiger partial charge in [-0.2, -0.15) is 5.10 Å². The molecule has 0 radical (unpaired) electrons. The van der Waals surface area contributed by atoms with Gasteiger partial charge < -0.3 is 10.5 Å². The first-order valence-corrected chi connectivity index (χ1v) is 6.25. The van der Waals surface area contributed by atoms with Crippen LogP contribution in [0.5, 0.6) is 0 Å². The topological polar surface area (TPSA) is 70.1 Å². The molecule has 0 bridgehead atoms. The first-order valence-electron chi connectivity index (χ1n) is 5.46. The number of hydrogen-bond donors (Lipinski definition) is 1. The third-order valence-electron chi connectivity index (χ3n) is 2.89. The highest BCUT2D eigenvalue weighted by atomic mass is 79.9. The van der Waals surface area contributed by atoms with Crippen molar-refractivity contribution in [1.29, 1.82) is 0 Å². The van der Waals surface area contributed by atoms with Crippen LogP contribution < -0.4 is 5.73 Å². The highest BCUT2D eigenvalue weighted by molar-refractivity contribution is 9.10. The second-order valence-electron chi connectivity index (χ2n) is 4.00. The Kier molecular flexibility index (Phi) is 3.96. The minimum Gasteiger partial charge on any atom is -0.381 e. The van der Waals surface area contributed by atoms with Crippen molar-refractivity contribution in [3.63, 3.8) is 0 Å². The van der Waals surface area contributed by atoms with Gasteiger partial charge in [-0.1, -0.05) is 0 Å². The maximum Gasteiger partial charge on any atom is 0.280 e. The number of rotatable bonds is 3. The fraction of sp³-hybridized carbons (Fsp3) is 0.600. The minimum atomic E-state index is -2.80. The molecule has 1 aliphatic rings. The first-order chi connectivity index (χ1) is 8.52. The summed E-state index contributed by atoms with van der Waals surface area (Å²) >= 11 is 3.01. The predicted octanol–water partition coefficient (Wildman–Crippen LogP) is 2.03. The van der Waals surface area contributed by atoms with Gasteiger partial charge in [-0.3, -0.25) is 9.48 Å². The molecule has 2 heterocycles. The summed E-state index contributed by atoms with van der Waals surface area (Å²) in [7, 11) is 0. The lowest BCUT2D eigenvalue weighted by molar-refractivity contribution is 0.0592. The monoisotopic (exact) mass is 323 g/mol. The molecule has 0 aliphatic carbocycles. The second-order valence-corrected chi connectivity index (χ2v) is 4.76. The van der Waals surface area contributed by atoms with Gasteiger partial charge in [0.05, 0.1) is 6.04 Å². The average Bonchev–Trinajstić information content (AvgIpc) is 2.68. The van der Waals surface area contributed by atoms with Gasteiger partial charge in [0.25, 0.3) is 12.3 Å². The van der Waals surface area contributed by atoms with Crippen LogP contribution in [0.25, 0.3) is 0 Å². The summed E-state index contributed by atoms with van der Waals surface area (Å²) in [5.41, 5.74) is 4.46. The van der Waals surface area contributed by atoms with Gasteiger partial charge in [-0.25, -0.2) is 8.78 Å². The molecule has 2 N–H and O–H groups in total. The molecule has 5 nitrogen and oxygen atoms in total. The number of ether oxygens (including phenoxy) is 1. The number of halogens is 3. The lowest BCUT2D eigenvalue weighted by Crippen LogP contribution is -2.23. The molecule has 100 valence electrons. The first kappa shape index (κ1) is 13.4. The summed E-state index contributed by atoms with van der Waals surface area (Å²) in [6, 6.07) is -0.188. The highest BCUT2D eigenvalue weighted by Crippen LogP contribution is 2.33. The van der Waals surface area contributed by atoms with Crippen LogP contribution in [-0.2, 0) is 4.74 Å². The maximum absolute atomic E-state index is 13.1. The number of hydrogen-bond acceptors (Lipinski definition) is 3. The Morgan fingerprint density at radius 3 is 2.61 bits per heavy atom. The summed E-state index contributed by atoms with van der Waals surface area (Å²) in [6.07, 6.45) is -1.62. The number of alkyl halides is 2. The van der Waals surface area contributed by atoms with Gasteiger partial charge in [0, 0.05) is 13.2 Å². The van der Waals surface area contributed by atoms with E-state index in [1.165, 1.54) is 4.68 Å². The molecule has 0 saturated carbocycles. The lowest BCUT2D eigenvalue weighted by Gasteiger charge is -2.24. The van der Waals surface area contributed by atoms with Crippen LogP contribution in [0, 0.1) is 0 Å². The number of primary amides is 1. The molecule has 0 unspecified atom stereocenters. The SMILES string of the molecule is NC(=O)c1c(Br)nn(C2CCOCC2)c1C(F)F. The van der Waals surface area contributed by atoms with Crippen LogP contribution in [-0.4, -0.2) is 28.9 Å². The average molecular weight is 324 g/mol. The number of nitrogens with zero attached hydrogens (tertiary/aromatic N) is 2. The highest BCUT2D eigenvalue weighted by Gasteiger charge is 2.30. The van der Waals surface area contributed by atoms with E-state index in [4.69, 9.17) is 10.5 Å². The fourth-order valence-electron chi connectivity index (χ4n) is 2.06. The largest absolute Gasteiger partial charge is 0.381 e. The van der Waals surface area contributed by atoms with E-state index in [0.29, 0.717) is 26.1 Å². The number of aromatic nitrogens is 2. The summed E-state index contributed by atoms with van der Waals surface area (Å²) in [4.78, 5) is 11.2. The molecular formula is C10H12BrF2N3O2. The quantitative estimate of drug-likeness (QED) is 0.925. The molecule has 1 saturated heterocycles. The molecule has 1 aliphatic heterocycles. The van der Waals surface area contributed by atoms with Crippen LogP contribution in [0.1, 0.15) is 41.4 Å².